The van der Waals surface area contributed by atoms with Gasteiger partial charge in [-0.25, -0.2) is 9.97 Å². The molecule has 0 spiro atoms. The van der Waals surface area contributed by atoms with E-state index in [0.29, 0.717) is 47.5 Å². The molecule has 11 heteroatoms. The minimum absolute atomic E-state index is 0.274. The van der Waals surface area contributed by atoms with Gasteiger partial charge in [0.1, 0.15) is 30.0 Å². The van der Waals surface area contributed by atoms with E-state index in [1.165, 1.54) is 13.4 Å². The van der Waals surface area contributed by atoms with Crippen LogP contribution in [0.15, 0.2) is 42.7 Å². The Morgan fingerprint density at radius 2 is 1.83 bits per heavy atom. The Labute approximate surface area is 246 Å². The third-order valence-electron chi connectivity index (χ3n) is 7.68. The minimum atomic E-state index is -0.795. The number of aryl methyl sites for hydroxylation is 1. The Morgan fingerprint density at radius 1 is 1.10 bits per heavy atom. The van der Waals surface area contributed by atoms with Crippen molar-refractivity contribution in [2.24, 2.45) is 5.41 Å². The molecule has 0 bridgehead atoms. The molecule has 3 unspecified atom stereocenters. The highest BCUT2D eigenvalue weighted by Crippen LogP contribution is 2.34. The van der Waals surface area contributed by atoms with Crippen LogP contribution in [0.3, 0.4) is 0 Å². The van der Waals surface area contributed by atoms with E-state index in [-0.39, 0.29) is 17.7 Å². The number of hydrogen-bond acceptors (Lipinski definition) is 8. The second-order valence-electron chi connectivity index (χ2n) is 11.7. The van der Waals surface area contributed by atoms with Gasteiger partial charge < -0.3 is 30.9 Å². The van der Waals surface area contributed by atoms with Gasteiger partial charge in [0.05, 0.1) is 24.4 Å². The van der Waals surface area contributed by atoms with Gasteiger partial charge in [0, 0.05) is 23.7 Å². The van der Waals surface area contributed by atoms with Gasteiger partial charge >= 0.3 is 0 Å². The number of fused-ring (bicyclic) bond motifs is 1. The van der Waals surface area contributed by atoms with Crippen molar-refractivity contribution in [1.29, 1.82) is 0 Å². The number of methoxy groups -OCH3 is 1. The molecule has 3 aromatic rings. The van der Waals surface area contributed by atoms with E-state index < -0.39 is 23.5 Å². The number of carbonyl (C=O) groups excluding carboxylic acids is 3. The first kappa shape index (κ1) is 30.7. The number of hydrogen-bond donors (Lipinski definition) is 4. The summed E-state index contributed by atoms with van der Waals surface area (Å²) in [5.74, 6) is 0.147. The molecule has 3 atom stereocenters. The number of nitrogens with one attached hydrogen (secondary N) is 4. The summed E-state index contributed by atoms with van der Waals surface area (Å²) in [6.07, 6.45) is 2.66. The number of likely N-dealkylation sites (tertiary alicyclic amines) is 1. The largest absolute Gasteiger partial charge is 0.494 e. The number of anilines is 3. The lowest BCUT2D eigenvalue weighted by molar-refractivity contribution is -0.143. The fourth-order valence-corrected chi connectivity index (χ4v) is 5.02. The molecule has 0 saturated carbocycles. The molecule has 3 amide bonds. The maximum absolute atomic E-state index is 13.8. The molecule has 42 heavy (non-hydrogen) atoms. The van der Waals surface area contributed by atoms with Crippen molar-refractivity contribution < 1.29 is 19.1 Å². The normalized spacial score (nSPS) is 16.5. The van der Waals surface area contributed by atoms with Crippen molar-refractivity contribution in [3.63, 3.8) is 0 Å². The SMILES string of the molecule is CNC(C)C(=O)NC(C(=O)N1CCCC1C(=O)Nc1cc2c(Nc3ccccc3C)ncnc2cc1OC)C(C)(C)C. The molecular formula is C31H41N7O4. The van der Waals surface area contributed by atoms with Crippen LogP contribution < -0.4 is 26.0 Å². The second kappa shape index (κ2) is 12.7. The maximum Gasteiger partial charge on any atom is 0.247 e. The first-order chi connectivity index (χ1) is 19.9. The number of benzene rings is 2. The Balaban J connectivity index is 1.60. The van der Waals surface area contributed by atoms with E-state index in [1.54, 1.807) is 31.0 Å². The third-order valence-corrected chi connectivity index (χ3v) is 7.68. The molecule has 11 nitrogen and oxygen atoms in total. The molecule has 4 N–H and O–H groups in total. The van der Waals surface area contributed by atoms with Gasteiger partial charge in [-0.15, -0.1) is 0 Å². The molecule has 4 rings (SSSR count). The average Bonchev–Trinajstić information content (AvgIpc) is 3.46. The molecule has 0 radical (unpaired) electrons. The number of likely N-dealkylation sites (N-methyl/N-ethyl adjacent to an activating group) is 1. The molecule has 2 aromatic carbocycles. The highest BCUT2D eigenvalue weighted by Gasteiger charge is 2.42. The number of nitrogens with zero attached hydrogens (tertiary/aromatic N) is 3. The summed E-state index contributed by atoms with van der Waals surface area (Å²) >= 11 is 0. The van der Waals surface area contributed by atoms with Crippen LogP contribution in [0.25, 0.3) is 10.9 Å². The van der Waals surface area contributed by atoms with Gasteiger partial charge in [-0.3, -0.25) is 14.4 Å². The van der Waals surface area contributed by atoms with Crippen molar-refractivity contribution in [3.05, 3.63) is 48.3 Å². The average molecular weight is 576 g/mol. The monoisotopic (exact) mass is 575 g/mol. The number of para-hydroxylation sites is 1. The van der Waals surface area contributed by atoms with Crippen LogP contribution in [0.2, 0.25) is 0 Å². The Hall–Kier alpha value is -4.25. The number of ether oxygens (including phenoxy) is 1. The molecule has 1 aromatic heterocycles. The molecule has 1 fully saturated rings. The smallest absolute Gasteiger partial charge is 0.247 e. The maximum atomic E-state index is 13.8. The van der Waals surface area contributed by atoms with Crippen LogP contribution in [-0.4, -0.2) is 71.4 Å². The van der Waals surface area contributed by atoms with E-state index in [1.807, 2.05) is 52.0 Å². The zero-order chi connectivity index (χ0) is 30.6. The molecule has 1 saturated heterocycles. The number of rotatable bonds is 9. The van der Waals surface area contributed by atoms with Gasteiger partial charge in [0.25, 0.3) is 0 Å². The van der Waals surface area contributed by atoms with Gasteiger partial charge in [0.15, 0.2) is 0 Å². The van der Waals surface area contributed by atoms with Crippen LogP contribution >= 0.6 is 0 Å². The van der Waals surface area contributed by atoms with E-state index in [0.717, 1.165) is 11.3 Å². The summed E-state index contributed by atoms with van der Waals surface area (Å²) in [6.45, 7) is 9.86. The third kappa shape index (κ3) is 6.62. The lowest BCUT2D eigenvalue weighted by Gasteiger charge is -2.36. The highest BCUT2D eigenvalue weighted by atomic mass is 16.5. The predicted octanol–water partition coefficient (Wildman–Crippen LogP) is 3.76. The van der Waals surface area contributed by atoms with Crippen molar-refractivity contribution in [3.8, 4) is 5.75 Å². The molecule has 2 heterocycles. The first-order valence-electron chi connectivity index (χ1n) is 14.2. The van der Waals surface area contributed by atoms with E-state index >= 15 is 0 Å². The molecule has 0 aliphatic carbocycles. The second-order valence-corrected chi connectivity index (χ2v) is 11.7. The zero-order valence-corrected chi connectivity index (χ0v) is 25.4. The fraction of sp³-hybridized carbons (Fsp3) is 0.452. The topological polar surface area (TPSA) is 138 Å². The van der Waals surface area contributed by atoms with Gasteiger partial charge in [-0.05, 0) is 56.8 Å². The van der Waals surface area contributed by atoms with Crippen LogP contribution in [0.5, 0.6) is 5.75 Å². The summed E-state index contributed by atoms with van der Waals surface area (Å²) in [5.41, 5.74) is 2.49. The van der Waals surface area contributed by atoms with Crippen LogP contribution in [-0.2, 0) is 14.4 Å². The van der Waals surface area contributed by atoms with E-state index in [4.69, 9.17) is 4.74 Å². The number of aromatic nitrogens is 2. The summed E-state index contributed by atoms with van der Waals surface area (Å²) in [7, 11) is 3.21. The number of amides is 3. The van der Waals surface area contributed by atoms with Gasteiger partial charge in [-0.1, -0.05) is 39.0 Å². The zero-order valence-electron chi connectivity index (χ0n) is 25.4. The van der Waals surface area contributed by atoms with Crippen LogP contribution in [0.1, 0.15) is 46.1 Å². The van der Waals surface area contributed by atoms with Gasteiger partial charge in [-0.2, -0.15) is 0 Å². The van der Waals surface area contributed by atoms with E-state index in [2.05, 4.69) is 31.2 Å². The molecule has 1 aliphatic rings. The van der Waals surface area contributed by atoms with E-state index in [9.17, 15) is 14.4 Å². The van der Waals surface area contributed by atoms with Crippen molar-refractivity contribution >= 4 is 45.8 Å². The number of carbonyl (C=O) groups is 3. The van der Waals surface area contributed by atoms with Crippen molar-refractivity contribution in [2.45, 2.75) is 65.6 Å². The Kier molecular flexibility index (Phi) is 9.30. The predicted molar refractivity (Wildman–Crippen MR) is 164 cm³/mol. The van der Waals surface area contributed by atoms with Crippen LogP contribution in [0.4, 0.5) is 17.2 Å². The standard InChI is InChI=1S/C31H41N7O4/c1-18-11-8-9-12-21(18)35-27-20-15-23(25(42-7)16-22(20)33-17-34-27)36-29(40)24-13-10-14-38(24)30(41)26(31(3,4)5)37-28(39)19(2)32-6/h8-9,11-12,15-17,19,24,26,32H,10,13-14H2,1-7H3,(H,36,40)(H,37,39)(H,33,34,35). The Bertz CT molecular complexity index is 1470. The highest BCUT2D eigenvalue weighted by molar-refractivity contribution is 6.03. The first-order valence-corrected chi connectivity index (χ1v) is 14.2. The molecular weight excluding hydrogens is 534 g/mol. The summed E-state index contributed by atoms with van der Waals surface area (Å²) < 4.78 is 5.60. The molecule has 1 aliphatic heterocycles. The van der Waals surface area contributed by atoms with Gasteiger partial charge in [0.2, 0.25) is 17.7 Å². The summed E-state index contributed by atoms with van der Waals surface area (Å²) in [5, 5.41) is 12.9. The van der Waals surface area contributed by atoms with Crippen molar-refractivity contribution in [1.82, 2.24) is 25.5 Å². The lowest BCUT2D eigenvalue weighted by atomic mass is 9.85. The van der Waals surface area contributed by atoms with Crippen LogP contribution in [0, 0.1) is 12.3 Å². The van der Waals surface area contributed by atoms with Crippen molar-refractivity contribution in [2.75, 3.05) is 31.3 Å². The quantitative estimate of drug-likeness (QED) is 0.303. The Morgan fingerprint density at radius 3 is 2.50 bits per heavy atom. The molecule has 224 valence electrons. The fourth-order valence-electron chi connectivity index (χ4n) is 5.02. The summed E-state index contributed by atoms with van der Waals surface area (Å²) in [6, 6.07) is 9.46. The summed E-state index contributed by atoms with van der Waals surface area (Å²) in [4.78, 5) is 50.6. The minimum Gasteiger partial charge on any atom is -0.494 e. The lowest BCUT2D eigenvalue weighted by Crippen LogP contribution is -2.59.